The number of aliphatic hydroxyl groups is 1. The molecule has 0 unspecified atom stereocenters. The number of sulfonamides is 1. The molecule has 0 bridgehead atoms. The normalized spacial score (nSPS) is 19.1. The lowest BCUT2D eigenvalue weighted by molar-refractivity contribution is -0.274. The second-order valence-electron chi connectivity index (χ2n) is 6.30. The molecule has 7 nitrogen and oxygen atoms in total. The molecule has 2 rings (SSSR count). The van der Waals surface area contributed by atoms with E-state index in [1.807, 2.05) is 0 Å². The highest BCUT2D eigenvalue weighted by atomic mass is 32.2. The van der Waals surface area contributed by atoms with Gasteiger partial charge in [0.05, 0.1) is 11.0 Å². The molecule has 0 saturated carbocycles. The molecule has 1 amide bonds. The Balaban J connectivity index is 1.85. The van der Waals surface area contributed by atoms with Crippen molar-refractivity contribution in [1.29, 1.82) is 0 Å². The van der Waals surface area contributed by atoms with Gasteiger partial charge in [0.1, 0.15) is 5.75 Å². The summed E-state index contributed by atoms with van der Waals surface area (Å²) in [6.07, 6.45) is -4.73. The van der Waals surface area contributed by atoms with E-state index in [1.54, 1.807) is 11.8 Å². The lowest BCUT2D eigenvalue weighted by Gasteiger charge is -2.18. The van der Waals surface area contributed by atoms with E-state index in [9.17, 15) is 31.5 Å². The third kappa shape index (κ3) is 6.36. The van der Waals surface area contributed by atoms with Crippen molar-refractivity contribution in [3.63, 3.8) is 0 Å². The van der Waals surface area contributed by atoms with Crippen molar-refractivity contribution in [2.75, 3.05) is 19.6 Å². The van der Waals surface area contributed by atoms with E-state index in [1.165, 1.54) is 0 Å². The molecule has 152 valence electrons. The maximum atomic E-state index is 12.1. The predicted octanol–water partition coefficient (Wildman–Crippen LogP) is 1.48. The van der Waals surface area contributed by atoms with Crippen LogP contribution >= 0.6 is 0 Å². The highest BCUT2D eigenvalue weighted by Crippen LogP contribution is 2.24. The lowest BCUT2D eigenvalue weighted by Crippen LogP contribution is -2.34. The zero-order chi connectivity index (χ0) is 20.2. The van der Waals surface area contributed by atoms with Crippen LogP contribution < -0.4 is 9.46 Å². The standard InChI is InChI=1S/C16H21F3N2O5S/c1-11(22)12-7-9-21(10-12)15(23)6-8-20-27(24,25)14-4-2-13(3-5-14)26-16(17,18)19/h2-5,11-12,20,22H,6-10H2,1H3/t11-,12-/m0/s1. The third-order valence-corrected chi connectivity index (χ3v) is 5.74. The Morgan fingerprint density at radius 2 is 2.00 bits per heavy atom. The Hall–Kier alpha value is -1.85. The fraction of sp³-hybridized carbons (Fsp3) is 0.562. The van der Waals surface area contributed by atoms with E-state index >= 15 is 0 Å². The molecule has 1 aliphatic rings. The molecule has 0 spiro atoms. The number of likely N-dealkylation sites (tertiary alicyclic amines) is 1. The summed E-state index contributed by atoms with van der Waals surface area (Å²) < 4.78 is 66.5. The largest absolute Gasteiger partial charge is 0.573 e. The lowest BCUT2D eigenvalue weighted by atomic mass is 10.0. The molecule has 0 aromatic heterocycles. The van der Waals surface area contributed by atoms with Gasteiger partial charge in [-0.1, -0.05) is 0 Å². The van der Waals surface area contributed by atoms with Gasteiger partial charge in [0.25, 0.3) is 0 Å². The molecule has 1 saturated heterocycles. The molecular weight excluding hydrogens is 389 g/mol. The van der Waals surface area contributed by atoms with Crippen LogP contribution in [0.25, 0.3) is 0 Å². The van der Waals surface area contributed by atoms with Gasteiger partial charge in [-0.15, -0.1) is 13.2 Å². The summed E-state index contributed by atoms with van der Waals surface area (Å²) in [6, 6.07) is 3.76. The van der Waals surface area contributed by atoms with Crippen LogP contribution in [0.2, 0.25) is 0 Å². The number of nitrogens with one attached hydrogen (secondary N) is 1. The van der Waals surface area contributed by atoms with Gasteiger partial charge in [-0.05, 0) is 37.6 Å². The van der Waals surface area contributed by atoms with E-state index in [-0.39, 0.29) is 29.7 Å². The van der Waals surface area contributed by atoms with Crippen molar-refractivity contribution in [2.24, 2.45) is 5.92 Å². The summed E-state index contributed by atoms with van der Waals surface area (Å²) in [6.45, 7) is 2.47. The van der Waals surface area contributed by atoms with Crippen LogP contribution in [-0.4, -0.2) is 56.4 Å². The number of amides is 1. The average molecular weight is 410 g/mol. The maximum absolute atomic E-state index is 12.1. The number of carbonyl (C=O) groups is 1. The first-order chi connectivity index (χ1) is 12.5. The number of carbonyl (C=O) groups excluding carboxylic acids is 1. The number of ether oxygens (including phenoxy) is 1. The summed E-state index contributed by atoms with van der Waals surface area (Å²) in [5.41, 5.74) is 0. The van der Waals surface area contributed by atoms with Crippen LogP contribution in [0.4, 0.5) is 13.2 Å². The van der Waals surface area contributed by atoms with Gasteiger partial charge < -0.3 is 14.7 Å². The number of benzene rings is 1. The topological polar surface area (TPSA) is 95.9 Å². The first-order valence-corrected chi connectivity index (χ1v) is 9.77. The van der Waals surface area contributed by atoms with Gasteiger partial charge in [0.15, 0.2) is 0 Å². The maximum Gasteiger partial charge on any atom is 0.573 e. The minimum atomic E-state index is -4.86. The molecule has 1 fully saturated rings. The molecule has 11 heteroatoms. The second kappa shape index (κ2) is 8.44. The number of hydrogen-bond donors (Lipinski definition) is 2. The predicted molar refractivity (Wildman–Crippen MR) is 89.3 cm³/mol. The Morgan fingerprint density at radius 1 is 1.37 bits per heavy atom. The van der Waals surface area contributed by atoms with Crippen LogP contribution in [0.15, 0.2) is 29.2 Å². The zero-order valence-electron chi connectivity index (χ0n) is 14.6. The number of hydrogen-bond acceptors (Lipinski definition) is 5. The molecule has 1 aromatic carbocycles. The van der Waals surface area contributed by atoms with Gasteiger partial charge in [-0.25, -0.2) is 13.1 Å². The van der Waals surface area contributed by atoms with E-state index < -0.39 is 28.2 Å². The molecule has 2 atom stereocenters. The van der Waals surface area contributed by atoms with Crippen molar-refractivity contribution in [2.45, 2.75) is 37.1 Å². The highest BCUT2D eigenvalue weighted by Gasteiger charge is 2.31. The molecule has 0 radical (unpaired) electrons. The van der Waals surface area contributed by atoms with E-state index in [0.29, 0.717) is 19.5 Å². The van der Waals surface area contributed by atoms with E-state index in [0.717, 1.165) is 24.3 Å². The summed E-state index contributed by atoms with van der Waals surface area (Å²) in [5.74, 6) is -0.740. The average Bonchev–Trinajstić information content (AvgIpc) is 3.04. The molecule has 0 aliphatic carbocycles. The number of aliphatic hydroxyl groups excluding tert-OH is 1. The Labute approximate surface area is 155 Å². The Morgan fingerprint density at radius 3 is 2.52 bits per heavy atom. The van der Waals surface area contributed by atoms with E-state index in [4.69, 9.17) is 0 Å². The minimum Gasteiger partial charge on any atom is -0.406 e. The van der Waals surface area contributed by atoms with Crippen molar-refractivity contribution in [3.8, 4) is 5.75 Å². The Kier molecular flexibility index (Phi) is 6.71. The summed E-state index contributed by atoms with van der Waals surface area (Å²) in [4.78, 5) is 13.4. The second-order valence-corrected chi connectivity index (χ2v) is 8.06. The van der Waals surface area contributed by atoms with Crippen LogP contribution in [-0.2, 0) is 14.8 Å². The Bertz CT molecular complexity index is 750. The number of nitrogens with zero attached hydrogens (tertiary/aromatic N) is 1. The molecule has 1 aliphatic heterocycles. The van der Waals surface area contributed by atoms with Gasteiger partial charge in [0, 0.05) is 32.0 Å². The van der Waals surface area contributed by atoms with Gasteiger partial charge >= 0.3 is 6.36 Å². The van der Waals surface area contributed by atoms with Crippen molar-refractivity contribution < 1.29 is 36.2 Å². The molecule has 1 aromatic rings. The van der Waals surface area contributed by atoms with Gasteiger partial charge in [-0.2, -0.15) is 0 Å². The van der Waals surface area contributed by atoms with Gasteiger partial charge in [-0.3, -0.25) is 4.79 Å². The van der Waals surface area contributed by atoms with Crippen LogP contribution in [0.5, 0.6) is 5.75 Å². The fourth-order valence-electron chi connectivity index (χ4n) is 2.76. The summed E-state index contributed by atoms with van der Waals surface area (Å²) >= 11 is 0. The zero-order valence-corrected chi connectivity index (χ0v) is 15.4. The minimum absolute atomic E-state index is 0.0167. The SMILES string of the molecule is C[C@H](O)[C@H]1CCN(C(=O)CCNS(=O)(=O)c2ccc(OC(F)(F)F)cc2)C1. The quantitative estimate of drug-likeness (QED) is 0.710. The van der Waals surface area contributed by atoms with E-state index in [2.05, 4.69) is 9.46 Å². The molecule has 2 N–H and O–H groups in total. The van der Waals surface area contributed by atoms with Crippen molar-refractivity contribution in [3.05, 3.63) is 24.3 Å². The van der Waals surface area contributed by atoms with Crippen molar-refractivity contribution >= 4 is 15.9 Å². The number of rotatable bonds is 7. The molecule has 1 heterocycles. The first-order valence-electron chi connectivity index (χ1n) is 8.29. The molecule has 27 heavy (non-hydrogen) atoms. The monoisotopic (exact) mass is 410 g/mol. The van der Waals surface area contributed by atoms with Crippen LogP contribution in [0.1, 0.15) is 19.8 Å². The van der Waals surface area contributed by atoms with Crippen molar-refractivity contribution in [1.82, 2.24) is 9.62 Å². The van der Waals surface area contributed by atoms with Crippen LogP contribution in [0, 0.1) is 5.92 Å². The number of halogens is 3. The number of alkyl halides is 3. The molecular formula is C16H21F3N2O5S. The fourth-order valence-corrected chi connectivity index (χ4v) is 3.79. The first kappa shape index (κ1) is 21.5. The smallest absolute Gasteiger partial charge is 0.406 e. The summed E-state index contributed by atoms with van der Waals surface area (Å²) in [5, 5.41) is 9.54. The van der Waals surface area contributed by atoms with Crippen LogP contribution in [0.3, 0.4) is 0 Å². The van der Waals surface area contributed by atoms with Gasteiger partial charge in [0.2, 0.25) is 15.9 Å². The third-order valence-electron chi connectivity index (χ3n) is 4.26. The summed E-state index contributed by atoms with van der Waals surface area (Å²) in [7, 11) is -3.96. The highest BCUT2D eigenvalue weighted by molar-refractivity contribution is 7.89.